The van der Waals surface area contributed by atoms with E-state index in [1.54, 1.807) is 7.05 Å². The quantitative estimate of drug-likeness (QED) is 0.892. The highest BCUT2D eigenvalue weighted by Gasteiger charge is 2.31. The SMILES string of the molecule is CNc1cc(Nc2cc(Cl)cc(C(F)(F)F)c2)on1. The molecule has 1 heterocycles. The summed E-state index contributed by atoms with van der Waals surface area (Å²) in [5.41, 5.74) is -0.672. The smallest absolute Gasteiger partial charge is 0.370 e. The summed E-state index contributed by atoms with van der Waals surface area (Å²) in [7, 11) is 1.64. The maximum Gasteiger partial charge on any atom is 0.416 e. The van der Waals surface area contributed by atoms with E-state index >= 15 is 0 Å². The van der Waals surface area contributed by atoms with Crippen LogP contribution in [-0.2, 0) is 6.18 Å². The van der Waals surface area contributed by atoms with Gasteiger partial charge in [0.1, 0.15) is 0 Å². The van der Waals surface area contributed by atoms with Gasteiger partial charge in [0.15, 0.2) is 5.82 Å². The number of alkyl halides is 3. The van der Waals surface area contributed by atoms with Crippen LogP contribution in [0, 0.1) is 0 Å². The lowest BCUT2D eigenvalue weighted by atomic mass is 10.2. The van der Waals surface area contributed by atoms with Crippen LogP contribution in [0.2, 0.25) is 5.02 Å². The van der Waals surface area contributed by atoms with Crippen LogP contribution in [0.1, 0.15) is 5.56 Å². The Labute approximate surface area is 111 Å². The molecule has 8 heteroatoms. The van der Waals surface area contributed by atoms with Gasteiger partial charge in [-0.05, 0) is 18.2 Å². The van der Waals surface area contributed by atoms with Crippen LogP contribution in [0.25, 0.3) is 0 Å². The highest BCUT2D eigenvalue weighted by atomic mass is 35.5. The molecule has 1 aromatic carbocycles. The maximum atomic E-state index is 12.6. The van der Waals surface area contributed by atoms with Gasteiger partial charge in [0, 0.05) is 23.8 Å². The molecule has 0 radical (unpaired) electrons. The van der Waals surface area contributed by atoms with E-state index in [1.807, 2.05) is 0 Å². The van der Waals surface area contributed by atoms with Crippen molar-refractivity contribution in [3.05, 3.63) is 34.9 Å². The van der Waals surface area contributed by atoms with Gasteiger partial charge in [0.2, 0.25) is 5.88 Å². The van der Waals surface area contributed by atoms with Crippen molar-refractivity contribution < 1.29 is 17.7 Å². The molecule has 102 valence electrons. The Bertz CT molecular complexity index is 583. The van der Waals surface area contributed by atoms with Gasteiger partial charge in [-0.15, -0.1) is 0 Å². The zero-order valence-electron chi connectivity index (χ0n) is 9.68. The molecule has 0 saturated heterocycles. The van der Waals surface area contributed by atoms with E-state index in [-0.39, 0.29) is 16.6 Å². The summed E-state index contributed by atoms with van der Waals surface area (Å²) >= 11 is 5.66. The third-order valence-electron chi connectivity index (χ3n) is 2.26. The largest absolute Gasteiger partial charge is 0.416 e. The molecule has 0 aliphatic carbocycles. The Kier molecular flexibility index (Phi) is 3.57. The van der Waals surface area contributed by atoms with Gasteiger partial charge in [-0.3, -0.25) is 0 Å². The van der Waals surface area contributed by atoms with Gasteiger partial charge in [0.05, 0.1) is 5.56 Å². The van der Waals surface area contributed by atoms with E-state index in [0.29, 0.717) is 5.82 Å². The molecule has 2 rings (SSSR count). The summed E-state index contributed by atoms with van der Waals surface area (Å²) in [5.74, 6) is 0.667. The Morgan fingerprint density at radius 3 is 2.53 bits per heavy atom. The van der Waals surface area contributed by atoms with Crippen LogP contribution < -0.4 is 10.6 Å². The molecule has 2 aromatic rings. The first-order chi connectivity index (χ1) is 8.88. The molecule has 4 nitrogen and oxygen atoms in total. The molecule has 0 aliphatic heterocycles. The summed E-state index contributed by atoms with van der Waals surface area (Å²) in [6.07, 6.45) is -4.46. The molecule has 0 amide bonds. The number of anilines is 3. The third-order valence-corrected chi connectivity index (χ3v) is 2.48. The number of benzene rings is 1. The molecule has 19 heavy (non-hydrogen) atoms. The minimum Gasteiger partial charge on any atom is -0.370 e. The van der Waals surface area contributed by atoms with Gasteiger partial charge in [-0.1, -0.05) is 16.8 Å². The first-order valence-electron chi connectivity index (χ1n) is 5.18. The minimum absolute atomic E-state index is 0.0225. The van der Waals surface area contributed by atoms with E-state index in [9.17, 15) is 13.2 Å². The number of rotatable bonds is 3. The van der Waals surface area contributed by atoms with Gasteiger partial charge in [-0.2, -0.15) is 13.2 Å². The normalized spacial score (nSPS) is 11.4. The molecule has 0 spiro atoms. The number of hydrogen-bond acceptors (Lipinski definition) is 4. The van der Waals surface area contributed by atoms with E-state index in [1.165, 1.54) is 12.1 Å². The minimum atomic E-state index is -4.46. The fraction of sp³-hybridized carbons (Fsp3) is 0.182. The molecule has 1 aromatic heterocycles. The van der Waals surface area contributed by atoms with Crippen LogP contribution in [0.4, 0.5) is 30.6 Å². The average molecular weight is 292 g/mol. The molecule has 0 aliphatic rings. The Hall–Kier alpha value is -1.89. The summed E-state index contributed by atoms with van der Waals surface area (Å²) in [4.78, 5) is 0. The number of nitrogens with zero attached hydrogens (tertiary/aromatic N) is 1. The van der Waals surface area contributed by atoms with Crippen LogP contribution in [0.3, 0.4) is 0 Å². The number of halogens is 4. The summed E-state index contributed by atoms with van der Waals surface area (Å²) in [5, 5.41) is 8.99. The highest BCUT2D eigenvalue weighted by molar-refractivity contribution is 6.31. The summed E-state index contributed by atoms with van der Waals surface area (Å²) in [6.45, 7) is 0. The average Bonchev–Trinajstić information content (AvgIpc) is 2.75. The van der Waals surface area contributed by atoms with E-state index in [4.69, 9.17) is 16.1 Å². The maximum absolute atomic E-state index is 12.6. The number of aromatic nitrogens is 1. The van der Waals surface area contributed by atoms with Crippen molar-refractivity contribution in [2.24, 2.45) is 0 Å². The van der Waals surface area contributed by atoms with Crippen LogP contribution in [0.5, 0.6) is 0 Å². The second-order valence-corrected chi connectivity index (χ2v) is 4.11. The lowest BCUT2D eigenvalue weighted by molar-refractivity contribution is -0.137. The first-order valence-corrected chi connectivity index (χ1v) is 5.55. The lowest BCUT2D eigenvalue weighted by Gasteiger charge is -2.10. The standard InChI is InChI=1S/C11H9ClF3N3O/c1-16-9-5-10(19-18-9)17-8-3-6(11(13,14)15)2-7(12)4-8/h2-5,17H,1H3,(H,16,18). The first kappa shape index (κ1) is 13.5. The predicted octanol–water partition coefficient (Wildman–Crippen LogP) is 4.13. The van der Waals surface area contributed by atoms with Gasteiger partial charge >= 0.3 is 6.18 Å². The fourth-order valence-corrected chi connectivity index (χ4v) is 1.65. The third kappa shape index (κ3) is 3.31. The van der Waals surface area contributed by atoms with E-state index < -0.39 is 11.7 Å². The summed E-state index contributed by atoms with van der Waals surface area (Å²) in [6, 6.07) is 4.66. The Morgan fingerprint density at radius 1 is 1.21 bits per heavy atom. The van der Waals surface area contributed by atoms with Crippen molar-refractivity contribution in [1.29, 1.82) is 0 Å². The molecule has 0 saturated carbocycles. The van der Waals surface area contributed by atoms with E-state index in [0.717, 1.165) is 12.1 Å². The van der Waals surface area contributed by atoms with Crippen LogP contribution >= 0.6 is 11.6 Å². The zero-order valence-corrected chi connectivity index (χ0v) is 10.4. The zero-order chi connectivity index (χ0) is 14.0. The summed E-state index contributed by atoms with van der Waals surface area (Å²) < 4.78 is 42.7. The van der Waals surface area contributed by atoms with Crippen molar-refractivity contribution in [2.75, 3.05) is 17.7 Å². The molecular weight excluding hydrogens is 283 g/mol. The van der Waals surface area contributed by atoms with Crippen molar-refractivity contribution in [1.82, 2.24) is 5.16 Å². The Balaban J connectivity index is 2.27. The van der Waals surface area contributed by atoms with Gasteiger partial charge in [0.25, 0.3) is 0 Å². The number of nitrogens with one attached hydrogen (secondary N) is 2. The van der Waals surface area contributed by atoms with Crippen LogP contribution in [-0.4, -0.2) is 12.2 Å². The fourth-order valence-electron chi connectivity index (χ4n) is 1.42. The molecule has 0 bridgehead atoms. The predicted molar refractivity (Wildman–Crippen MR) is 65.8 cm³/mol. The molecule has 0 fully saturated rings. The Morgan fingerprint density at radius 2 is 1.95 bits per heavy atom. The van der Waals surface area contributed by atoms with Crippen molar-refractivity contribution >= 4 is 29.0 Å². The molecule has 0 atom stereocenters. The molecule has 0 unspecified atom stereocenters. The van der Waals surface area contributed by atoms with Crippen molar-refractivity contribution in [3.63, 3.8) is 0 Å². The monoisotopic (exact) mass is 291 g/mol. The second kappa shape index (κ2) is 5.00. The van der Waals surface area contributed by atoms with Gasteiger partial charge in [-0.25, -0.2) is 0 Å². The van der Waals surface area contributed by atoms with Crippen molar-refractivity contribution in [3.8, 4) is 0 Å². The number of hydrogen-bond donors (Lipinski definition) is 2. The van der Waals surface area contributed by atoms with Crippen LogP contribution in [0.15, 0.2) is 28.8 Å². The second-order valence-electron chi connectivity index (χ2n) is 3.68. The topological polar surface area (TPSA) is 50.1 Å². The van der Waals surface area contributed by atoms with E-state index in [2.05, 4.69) is 15.8 Å². The van der Waals surface area contributed by atoms with Crippen molar-refractivity contribution in [2.45, 2.75) is 6.18 Å². The van der Waals surface area contributed by atoms with Gasteiger partial charge < -0.3 is 15.2 Å². The molecule has 2 N–H and O–H groups in total. The lowest BCUT2D eigenvalue weighted by Crippen LogP contribution is -2.05. The highest BCUT2D eigenvalue weighted by Crippen LogP contribution is 2.34. The molecular formula is C11H9ClF3N3O.